The molecule has 0 aliphatic heterocycles. The zero-order valence-electron chi connectivity index (χ0n) is 15.1. The summed E-state index contributed by atoms with van der Waals surface area (Å²) in [5, 5.41) is 6.10. The maximum atomic E-state index is 14.1. The number of ether oxygens (including phenoxy) is 1. The predicted molar refractivity (Wildman–Crippen MR) is 120 cm³/mol. The average molecular weight is 497 g/mol. The molecule has 2 N–H and O–H groups in total. The Morgan fingerprint density at radius 1 is 1.17 bits per heavy atom. The van der Waals surface area contributed by atoms with E-state index >= 15 is 0 Å². The highest BCUT2D eigenvalue weighted by molar-refractivity contribution is 9.10. The summed E-state index contributed by atoms with van der Waals surface area (Å²) in [4.78, 5) is 13.2. The van der Waals surface area contributed by atoms with Gasteiger partial charge in [0, 0.05) is 15.4 Å². The predicted octanol–water partition coefficient (Wildman–Crippen LogP) is 6.44. The number of thiocarbonyl (C=S) groups is 1. The zero-order valence-corrected chi connectivity index (χ0v) is 18.3. The van der Waals surface area contributed by atoms with Crippen LogP contribution in [0.3, 0.4) is 0 Å². The van der Waals surface area contributed by atoms with Gasteiger partial charge in [-0.2, -0.15) is 0 Å². The lowest BCUT2D eigenvalue weighted by Gasteiger charge is -2.12. The zero-order chi connectivity index (χ0) is 21.0. The van der Waals surface area contributed by atoms with Crippen LogP contribution >= 0.6 is 39.5 Å². The molecule has 9 heteroatoms. The van der Waals surface area contributed by atoms with Crippen molar-refractivity contribution in [2.24, 2.45) is 0 Å². The number of carbonyl (C=O) groups excluding carboxylic acids is 1. The highest BCUT2D eigenvalue weighted by atomic mass is 79.9. The molecule has 0 saturated heterocycles. The summed E-state index contributed by atoms with van der Waals surface area (Å²) in [6, 6.07) is 13.1. The lowest BCUT2D eigenvalue weighted by molar-refractivity contribution is 0.0528. The molecule has 3 rings (SSSR count). The number of carbonyl (C=O) groups is 1. The van der Waals surface area contributed by atoms with Crippen molar-refractivity contribution in [2.45, 2.75) is 6.92 Å². The van der Waals surface area contributed by atoms with Gasteiger partial charge >= 0.3 is 5.97 Å². The minimum absolute atomic E-state index is 0.0126. The van der Waals surface area contributed by atoms with E-state index in [2.05, 4.69) is 26.6 Å². The molecule has 0 fully saturated rings. The Kier molecular flexibility index (Phi) is 6.94. The third-order valence-corrected chi connectivity index (χ3v) is 5.69. The smallest absolute Gasteiger partial charge is 0.341 e. The van der Waals surface area contributed by atoms with Crippen molar-refractivity contribution in [3.8, 4) is 10.4 Å². The Bertz CT molecular complexity index is 1030. The molecule has 0 spiro atoms. The van der Waals surface area contributed by atoms with Crippen molar-refractivity contribution in [1.82, 2.24) is 0 Å². The van der Waals surface area contributed by atoms with Gasteiger partial charge in [0.25, 0.3) is 0 Å². The minimum atomic E-state index is -0.803. The average Bonchev–Trinajstić information content (AvgIpc) is 3.09. The van der Waals surface area contributed by atoms with Crippen LogP contribution in [0.15, 0.2) is 53.0 Å². The van der Waals surface area contributed by atoms with Crippen molar-refractivity contribution in [3.63, 3.8) is 0 Å². The SMILES string of the molecule is CCOC(=O)c1cc(-c2ccccc2)sc1NC(=S)Nc1c(F)cc(F)cc1Br. The molecule has 2 aromatic carbocycles. The Morgan fingerprint density at radius 3 is 2.55 bits per heavy atom. The lowest BCUT2D eigenvalue weighted by atomic mass is 10.1. The Morgan fingerprint density at radius 2 is 1.90 bits per heavy atom. The molecule has 0 saturated carbocycles. The number of anilines is 2. The lowest BCUT2D eigenvalue weighted by Crippen LogP contribution is -2.21. The van der Waals surface area contributed by atoms with Crippen molar-refractivity contribution in [1.29, 1.82) is 0 Å². The highest BCUT2D eigenvalue weighted by Crippen LogP contribution is 2.36. The molecular formula is C20H15BrF2N2O2S2. The molecule has 0 unspecified atom stereocenters. The van der Waals surface area contributed by atoms with Gasteiger partial charge in [0.15, 0.2) is 10.9 Å². The molecule has 150 valence electrons. The Labute approximate surface area is 184 Å². The van der Waals surface area contributed by atoms with Crippen LogP contribution in [0.4, 0.5) is 19.5 Å². The second-order valence-electron chi connectivity index (χ2n) is 5.76. The molecular weight excluding hydrogens is 482 g/mol. The molecule has 3 aromatic rings. The summed E-state index contributed by atoms with van der Waals surface area (Å²) < 4.78 is 32.6. The minimum Gasteiger partial charge on any atom is -0.462 e. The summed E-state index contributed by atoms with van der Waals surface area (Å²) in [6.45, 7) is 1.95. The number of hydrogen-bond donors (Lipinski definition) is 2. The molecule has 1 heterocycles. The van der Waals surface area contributed by atoms with Crippen molar-refractivity contribution in [3.05, 3.63) is 70.2 Å². The monoisotopic (exact) mass is 496 g/mol. The van der Waals surface area contributed by atoms with Gasteiger partial charge in [-0.15, -0.1) is 11.3 Å². The number of nitrogens with one attached hydrogen (secondary N) is 2. The van der Waals surface area contributed by atoms with E-state index in [1.807, 2.05) is 30.3 Å². The number of halogens is 3. The fourth-order valence-corrected chi connectivity index (χ4v) is 4.33. The summed E-state index contributed by atoms with van der Waals surface area (Å²) in [7, 11) is 0. The van der Waals surface area contributed by atoms with Crippen LogP contribution < -0.4 is 10.6 Å². The van der Waals surface area contributed by atoms with E-state index in [1.54, 1.807) is 13.0 Å². The van der Waals surface area contributed by atoms with Gasteiger partial charge < -0.3 is 15.4 Å². The first kappa shape index (κ1) is 21.4. The van der Waals surface area contributed by atoms with Crippen LogP contribution in [-0.2, 0) is 4.74 Å². The van der Waals surface area contributed by atoms with Crippen LogP contribution in [0, 0.1) is 11.6 Å². The number of benzene rings is 2. The summed E-state index contributed by atoms with van der Waals surface area (Å²) in [5.74, 6) is -2.01. The molecule has 0 amide bonds. The third-order valence-electron chi connectivity index (χ3n) is 3.76. The van der Waals surface area contributed by atoms with E-state index in [1.165, 1.54) is 11.3 Å². The summed E-state index contributed by atoms with van der Waals surface area (Å²) in [6.07, 6.45) is 0. The van der Waals surface area contributed by atoms with Gasteiger partial charge in [-0.1, -0.05) is 30.3 Å². The van der Waals surface area contributed by atoms with Gasteiger partial charge in [-0.25, -0.2) is 13.6 Å². The molecule has 0 atom stereocenters. The number of hydrogen-bond acceptors (Lipinski definition) is 4. The van der Waals surface area contributed by atoms with E-state index in [-0.39, 0.29) is 21.9 Å². The van der Waals surface area contributed by atoms with E-state index in [9.17, 15) is 13.6 Å². The maximum absolute atomic E-state index is 14.1. The van der Waals surface area contributed by atoms with Crippen LogP contribution in [0.2, 0.25) is 0 Å². The fraction of sp³-hybridized carbons (Fsp3) is 0.100. The second kappa shape index (κ2) is 9.43. The van der Waals surface area contributed by atoms with Gasteiger partial charge in [-0.3, -0.25) is 0 Å². The van der Waals surface area contributed by atoms with E-state index in [4.69, 9.17) is 17.0 Å². The van der Waals surface area contributed by atoms with Crippen LogP contribution in [0.1, 0.15) is 17.3 Å². The van der Waals surface area contributed by atoms with Gasteiger partial charge in [0.05, 0.1) is 17.9 Å². The Hall–Kier alpha value is -2.36. The normalized spacial score (nSPS) is 10.5. The molecule has 0 radical (unpaired) electrons. The summed E-state index contributed by atoms with van der Waals surface area (Å²) in [5.41, 5.74) is 1.24. The van der Waals surface area contributed by atoms with Crippen molar-refractivity contribution >= 4 is 61.3 Å². The van der Waals surface area contributed by atoms with Crippen LogP contribution in [0.25, 0.3) is 10.4 Å². The number of esters is 1. The topological polar surface area (TPSA) is 50.4 Å². The Balaban J connectivity index is 1.88. The van der Waals surface area contributed by atoms with Gasteiger partial charge in [0.2, 0.25) is 0 Å². The van der Waals surface area contributed by atoms with E-state index in [0.29, 0.717) is 10.6 Å². The van der Waals surface area contributed by atoms with Crippen LogP contribution in [0.5, 0.6) is 0 Å². The van der Waals surface area contributed by atoms with E-state index < -0.39 is 17.6 Å². The quantitative estimate of drug-likeness (QED) is 0.314. The molecule has 0 aliphatic carbocycles. The molecule has 0 aliphatic rings. The first-order chi connectivity index (χ1) is 13.9. The largest absolute Gasteiger partial charge is 0.462 e. The number of rotatable bonds is 5. The maximum Gasteiger partial charge on any atom is 0.341 e. The number of thiophene rings is 1. The third kappa shape index (κ3) is 5.17. The standard InChI is InChI=1S/C20H15BrF2N2O2S2/c1-2-27-19(26)13-10-16(11-6-4-3-5-7-11)29-18(13)25-20(28)24-17-14(21)8-12(22)9-15(17)23/h3-10H,2H2,1H3,(H2,24,25,28). The highest BCUT2D eigenvalue weighted by Gasteiger charge is 2.20. The van der Waals surface area contributed by atoms with Gasteiger partial charge in [-0.05, 0) is 52.8 Å². The molecule has 0 bridgehead atoms. The van der Waals surface area contributed by atoms with Crippen molar-refractivity contribution < 1.29 is 18.3 Å². The van der Waals surface area contributed by atoms with E-state index in [0.717, 1.165) is 22.6 Å². The van der Waals surface area contributed by atoms with Crippen molar-refractivity contribution in [2.75, 3.05) is 17.2 Å². The fourth-order valence-electron chi connectivity index (χ4n) is 2.50. The second-order valence-corrected chi connectivity index (χ2v) is 8.08. The first-order valence-corrected chi connectivity index (χ1v) is 10.5. The first-order valence-electron chi connectivity index (χ1n) is 8.48. The summed E-state index contributed by atoms with van der Waals surface area (Å²) >= 11 is 9.67. The molecule has 29 heavy (non-hydrogen) atoms. The molecule has 1 aromatic heterocycles. The molecule has 4 nitrogen and oxygen atoms in total. The van der Waals surface area contributed by atoms with Gasteiger partial charge in [0.1, 0.15) is 10.8 Å². The van der Waals surface area contributed by atoms with Crippen LogP contribution in [-0.4, -0.2) is 17.7 Å².